The second-order valence-corrected chi connectivity index (χ2v) is 5.94. The van der Waals surface area contributed by atoms with Crippen molar-refractivity contribution >= 4 is 12.6 Å². The smallest absolute Gasteiger partial charge is 0.399 e. The molecule has 2 heterocycles. The third kappa shape index (κ3) is 2.55. The van der Waals surface area contributed by atoms with Gasteiger partial charge in [-0.2, -0.15) is 0 Å². The molecule has 0 radical (unpaired) electrons. The molecule has 0 amide bonds. The van der Waals surface area contributed by atoms with Gasteiger partial charge in [0.15, 0.2) is 0 Å². The van der Waals surface area contributed by atoms with Crippen LogP contribution in [0.3, 0.4) is 0 Å². The van der Waals surface area contributed by atoms with Crippen molar-refractivity contribution in [3.05, 3.63) is 24.0 Å². The average Bonchev–Trinajstić information content (AvgIpc) is 2.57. The maximum atomic E-state index is 6.07. The molecule has 5 heteroatoms. The molecule has 4 nitrogen and oxygen atoms in total. The monoisotopic (exact) mass is 263 g/mol. The maximum Gasteiger partial charge on any atom is 0.496 e. The lowest BCUT2D eigenvalue weighted by Crippen LogP contribution is -2.41. The van der Waals surface area contributed by atoms with Crippen LogP contribution >= 0.6 is 0 Å². The fourth-order valence-electron chi connectivity index (χ4n) is 2.05. The van der Waals surface area contributed by atoms with Gasteiger partial charge >= 0.3 is 7.12 Å². The minimum absolute atomic E-state index is 0.0878. The Labute approximate surface area is 115 Å². The summed E-state index contributed by atoms with van der Waals surface area (Å²) in [7, 11) is 1.28. The van der Waals surface area contributed by atoms with Crippen LogP contribution in [0.2, 0.25) is 0 Å². The van der Waals surface area contributed by atoms with Crippen molar-refractivity contribution in [2.45, 2.75) is 51.9 Å². The normalized spacial score (nSPS) is 22.5. The highest BCUT2D eigenvalue weighted by Gasteiger charge is 2.52. The zero-order valence-electron chi connectivity index (χ0n) is 12.6. The fraction of sp³-hybridized carbons (Fsp3) is 0.643. The molecule has 1 aliphatic heterocycles. The molecule has 0 aromatic carbocycles. The Hall–Kier alpha value is -0.905. The van der Waals surface area contributed by atoms with E-state index < -0.39 is 7.12 Å². The number of ether oxygens (including phenoxy) is 1. The molecule has 0 aliphatic carbocycles. The lowest BCUT2D eigenvalue weighted by Gasteiger charge is -2.32. The van der Waals surface area contributed by atoms with Crippen molar-refractivity contribution < 1.29 is 14.0 Å². The molecule has 1 fully saturated rings. The van der Waals surface area contributed by atoms with Crippen molar-refractivity contribution in [1.82, 2.24) is 4.98 Å². The zero-order chi connectivity index (χ0) is 14.3. The molecular weight excluding hydrogens is 241 g/mol. The lowest BCUT2D eigenvalue weighted by molar-refractivity contribution is 0.00578. The van der Waals surface area contributed by atoms with E-state index in [2.05, 4.69) is 4.98 Å². The van der Waals surface area contributed by atoms with Gasteiger partial charge in [0.1, 0.15) is 0 Å². The Morgan fingerprint density at radius 1 is 1.21 bits per heavy atom. The molecule has 19 heavy (non-hydrogen) atoms. The van der Waals surface area contributed by atoms with Crippen LogP contribution in [-0.2, 0) is 14.0 Å². The number of aromatic nitrogens is 1. The van der Waals surface area contributed by atoms with Crippen LogP contribution in [0.25, 0.3) is 0 Å². The summed E-state index contributed by atoms with van der Waals surface area (Å²) in [5, 5.41) is 0. The largest absolute Gasteiger partial charge is 0.496 e. The van der Waals surface area contributed by atoms with Gasteiger partial charge in [-0.25, -0.2) is 0 Å². The van der Waals surface area contributed by atoms with Gasteiger partial charge in [0.05, 0.1) is 23.0 Å². The van der Waals surface area contributed by atoms with Crippen molar-refractivity contribution in [1.29, 1.82) is 0 Å². The van der Waals surface area contributed by atoms with Crippen LogP contribution in [0.15, 0.2) is 18.3 Å². The molecule has 0 saturated carbocycles. The van der Waals surface area contributed by atoms with Gasteiger partial charge in [-0.15, -0.1) is 0 Å². The first kappa shape index (κ1) is 14.5. The number of nitrogens with zero attached hydrogens (tertiary/aromatic N) is 1. The molecule has 1 aromatic rings. The standard InChI is InChI=1S/C14H22BNO3/c1-10(17-6)12-11(8-7-9-16-12)15-18-13(2,3)14(4,5)19-15/h7-10H,1-6H3/t10-/m1/s1. The van der Waals surface area contributed by atoms with Crippen LogP contribution < -0.4 is 5.46 Å². The predicted octanol–water partition coefficient (Wildman–Crippen LogP) is 2.09. The minimum atomic E-state index is -0.397. The first-order valence-electron chi connectivity index (χ1n) is 6.62. The van der Waals surface area contributed by atoms with Gasteiger partial charge in [-0.1, -0.05) is 6.07 Å². The average molecular weight is 263 g/mol. The summed E-state index contributed by atoms with van der Waals surface area (Å²) in [6, 6.07) is 3.88. The van der Waals surface area contributed by atoms with Gasteiger partial charge in [-0.3, -0.25) is 4.98 Å². The highest BCUT2D eigenvalue weighted by atomic mass is 16.7. The van der Waals surface area contributed by atoms with Crippen LogP contribution in [-0.4, -0.2) is 30.4 Å². The maximum absolute atomic E-state index is 6.07. The van der Waals surface area contributed by atoms with Gasteiger partial charge in [0.2, 0.25) is 0 Å². The number of methoxy groups -OCH3 is 1. The zero-order valence-corrected chi connectivity index (χ0v) is 12.6. The van der Waals surface area contributed by atoms with Gasteiger partial charge in [-0.05, 0) is 40.7 Å². The van der Waals surface area contributed by atoms with Crippen molar-refractivity contribution in [2.24, 2.45) is 0 Å². The van der Waals surface area contributed by atoms with Gasteiger partial charge in [0, 0.05) is 18.8 Å². The van der Waals surface area contributed by atoms with Gasteiger partial charge in [0.25, 0.3) is 0 Å². The van der Waals surface area contributed by atoms with E-state index in [9.17, 15) is 0 Å². The summed E-state index contributed by atoms with van der Waals surface area (Å²) in [6.07, 6.45) is 1.68. The summed E-state index contributed by atoms with van der Waals surface area (Å²) in [6.45, 7) is 10.1. The Kier molecular flexibility index (Phi) is 3.73. The van der Waals surface area contributed by atoms with E-state index in [-0.39, 0.29) is 17.3 Å². The van der Waals surface area contributed by atoms with Gasteiger partial charge < -0.3 is 14.0 Å². The number of hydrogen-bond donors (Lipinski definition) is 0. The van der Waals surface area contributed by atoms with Crippen LogP contribution in [0.4, 0.5) is 0 Å². The summed E-state index contributed by atoms with van der Waals surface area (Å²) in [5.41, 5.74) is 1.11. The summed E-state index contributed by atoms with van der Waals surface area (Å²) in [5.74, 6) is 0. The second-order valence-electron chi connectivity index (χ2n) is 5.94. The molecule has 1 aromatic heterocycles. The molecule has 0 unspecified atom stereocenters. The van der Waals surface area contributed by atoms with E-state index in [0.29, 0.717) is 0 Å². The lowest BCUT2D eigenvalue weighted by atomic mass is 9.77. The SMILES string of the molecule is CO[C@H](C)c1ncccc1B1OC(C)(C)C(C)(C)O1. The Morgan fingerprint density at radius 2 is 1.79 bits per heavy atom. The first-order valence-corrected chi connectivity index (χ1v) is 6.62. The van der Waals surface area contributed by atoms with E-state index in [1.54, 1.807) is 13.3 Å². The Morgan fingerprint density at radius 3 is 2.32 bits per heavy atom. The van der Waals surface area contributed by atoms with E-state index >= 15 is 0 Å². The quantitative estimate of drug-likeness (QED) is 0.783. The number of rotatable bonds is 3. The number of hydrogen-bond acceptors (Lipinski definition) is 4. The van der Waals surface area contributed by atoms with E-state index in [0.717, 1.165) is 11.2 Å². The highest BCUT2D eigenvalue weighted by molar-refractivity contribution is 6.62. The topological polar surface area (TPSA) is 40.6 Å². The van der Waals surface area contributed by atoms with Crippen molar-refractivity contribution in [3.63, 3.8) is 0 Å². The molecule has 0 N–H and O–H groups in total. The predicted molar refractivity (Wildman–Crippen MR) is 75.4 cm³/mol. The Balaban J connectivity index is 2.35. The summed E-state index contributed by atoms with van der Waals surface area (Å²) >= 11 is 0. The molecule has 104 valence electrons. The summed E-state index contributed by atoms with van der Waals surface area (Å²) in [4.78, 5) is 4.40. The van der Waals surface area contributed by atoms with Crippen LogP contribution in [0.1, 0.15) is 46.4 Å². The summed E-state index contributed by atoms with van der Waals surface area (Å²) < 4.78 is 17.5. The molecule has 1 saturated heterocycles. The van der Waals surface area contributed by atoms with Crippen LogP contribution in [0, 0.1) is 0 Å². The third-order valence-electron chi connectivity index (χ3n) is 4.12. The van der Waals surface area contributed by atoms with E-state index in [4.69, 9.17) is 14.0 Å². The number of pyridine rings is 1. The molecule has 2 rings (SSSR count). The fourth-order valence-corrected chi connectivity index (χ4v) is 2.05. The molecule has 0 spiro atoms. The molecule has 1 atom stereocenters. The van der Waals surface area contributed by atoms with Crippen LogP contribution in [0.5, 0.6) is 0 Å². The van der Waals surface area contributed by atoms with Crippen molar-refractivity contribution in [3.8, 4) is 0 Å². The Bertz CT molecular complexity index is 446. The highest BCUT2D eigenvalue weighted by Crippen LogP contribution is 2.36. The van der Waals surface area contributed by atoms with E-state index in [1.807, 2.05) is 46.8 Å². The van der Waals surface area contributed by atoms with Crippen molar-refractivity contribution in [2.75, 3.05) is 7.11 Å². The minimum Gasteiger partial charge on any atom is -0.399 e. The molecular formula is C14H22BNO3. The molecule has 0 bridgehead atoms. The van der Waals surface area contributed by atoms with E-state index in [1.165, 1.54) is 0 Å². The second kappa shape index (κ2) is 4.89. The first-order chi connectivity index (χ1) is 8.78. The third-order valence-corrected chi connectivity index (χ3v) is 4.12. The molecule has 1 aliphatic rings.